The van der Waals surface area contributed by atoms with Gasteiger partial charge in [0.2, 0.25) is 0 Å². The van der Waals surface area contributed by atoms with Crippen molar-refractivity contribution >= 4 is 22.6 Å². The Hall–Kier alpha value is -0.980. The van der Waals surface area contributed by atoms with Crippen LogP contribution in [-0.2, 0) is 6.18 Å². The highest BCUT2D eigenvalue weighted by Gasteiger charge is 2.38. The van der Waals surface area contributed by atoms with E-state index >= 15 is 0 Å². The van der Waals surface area contributed by atoms with Crippen LogP contribution in [0.25, 0.3) is 0 Å². The molecule has 1 aromatic heterocycles. The van der Waals surface area contributed by atoms with Crippen LogP contribution in [0.15, 0.2) is 6.20 Å². The molecule has 16 heavy (non-hydrogen) atoms. The first-order valence-electron chi connectivity index (χ1n) is 3.73. The maximum absolute atomic E-state index is 12.5. The van der Waals surface area contributed by atoms with Crippen LogP contribution in [0.5, 0.6) is 0 Å². The maximum atomic E-state index is 12.5. The second kappa shape index (κ2) is 4.48. The van der Waals surface area contributed by atoms with Gasteiger partial charge in [-0.05, 0) is 22.6 Å². The fourth-order valence-electron chi connectivity index (χ4n) is 1.05. The lowest BCUT2D eigenvalue weighted by Gasteiger charge is -2.12. The number of aromatic nitrogens is 1. The van der Waals surface area contributed by atoms with Gasteiger partial charge in [0.15, 0.2) is 0 Å². The third kappa shape index (κ3) is 2.40. The number of pyridine rings is 1. The predicted molar refractivity (Wildman–Crippen MR) is 51.6 cm³/mol. The van der Waals surface area contributed by atoms with Crippen molar-refractivity contribution < 1.29 is 22.0 Å². The Morgan fingerprint density at radius 1 is 1.38 bits per heavy atom. The molecule has 0 aromatic carbocycles. The molecule has 0 amide bonds. The van der Waals surface area contributed by atoms with E-state index in [1.807, 2.05) is 0 Å². The van der Waals surface area contributed by atoms with Crippen molar-refractivity contribution in [3.63, 3.8) is 0 Å². The van der Waals surface area contributed by atoms with Gasteiger partial charge in [-0.2, -0.15) is 18.4 Å². The fourth-order valence-corrected chi connectivity index (χ4v) is 1.76. The molecule has 0 fully saturated rings. The van der Waals surface area contributed by atoms with E-state index in [1.54, 1.807) is 0 Å². The highest BCUT2D eigenvalue weighted by molar-refractivity contribution is 14.1. The van der Waals surface area contributed by atoms with Crippen molar-refractivity contribution in [2.45, 2.75) is 12.6 Å². The molecular formula is C8H2F5IN2. The van der Waals surface area contributed by atoms with Gasteiger partial charge in [-0.3, -0.25) is 0 Å². The lowest BCUT2D eigenvalue weighted by Crippen LogP contribution is -2.14. The van der Waals surface area contributed by atoms with Crippen molar-refractivity contribution in [3.8, 4) is 6.07 Å². The third-order valence-corrected chi connectivity index (χ3v) is 2.51. The average molecular weight is 348 g/mol. The largest absolute Gasteiger partial charge is 0.420 e. The fraction of sp³-hybridized carbons (Fsp3) is 0.250. The second-order valence-corrected chi connectivity index (χ2v) is 3.69. The summed E-state index contributed by atoms with van der Waals surface area (Å²) in [6, 6.07) is 1.15. The lowest BCUT2D eigenvalue weighted by molar-refractivity contribution is -0.138. The summed E-state index contributed by atoms with van der Waals surface area (Å²) in [7, 11) is 0. The molecular weight excluding hydrogens is 346 g/mol. The summed E-state index contributed by atoms with van der Waals surface area (Å²) in [6.45, 7) is 0. The van der Waals surface area contributed by atoms with Crippen molar-refractivity contribution in [2.75, 3.05) is 0 Å². The predicted octanol–water partition coefficient (Wildman–Crippen LogP) is 3.51. The Balaban J connectivity index is 3.60. The molecule has 1 aromatic rings. The molecule has 0 bridgehead atoms. The zero-order valence-electron chi connectivity index (χ0n) is 7.32. The average Bonchev–Trinajstić information content (AvgIpc) is 2.14. The summed E-state index contributed by atoms with van der Waals surface area (Å²) in [5.41, 5.74) is -3.48. The molecule has 1 heterocycles. The molecule has 0 aliphatic heterocycles. The first-order valence-corrected chi connectivity index (χ1v) is 4.80. The monoisotopic (exact) mass is 348 g/mol. The minimum atomic E-state index is -4.88. The van der Waals surface area contributed by atoms with Crippen LogP contribution >= 0.6 is 22.6 Å². The highest BCUT2D eigenvalue weighted by Crippen LogP contribution is 2.37. The summed E-state index contributed by atoms with van der Waals surface area (Å²) in [4.78, 5) is 3.21. The van der Waals surface area contributed by atoms with Crippen LogP contribution in [0, 0.1) is 15.0 Å². The molecule has 0 saturated carbocycles. The van der Waals surface area contributed by atoms with Crippen LogP contribution in [0.3, 0.4) is 0 Å². The zero-order chi connectivity index (χ0) is 12.5. The maximum Gasteiger partial charge on any atom is 0.420 e. The summed E-state index contributed by atoms with van der Waals surface area (Å²) < 4.78 is 61.7. The quantitative estimate of drug-likeness (QED) is 0.443. The number of alkyl halides is 5. The molecule has 1 rings (SSSR count). The molecule has 0 saturated heterocycles. The van der Waals surface area contributed by atoms with Gasteiger partial charge in [-0.25, -0.2) is 13.8 Å². The first-order chi connectivity index (χ1) is 7.29. The minimum absolute atomic E-state index is 0.522. The second-order valence-electron chi connectivity index (χ2n) is 2.66. The number of halogens is 6. The molecule has 0 N–H and O–H groups in total. The van der Waals surface area contributed by atoms with Crippen LogP contribution in [0.4, 0.5) is 22.0 Å². The van der Waals surface area contributed by atoms with Gasteiger partial charge in [-0.15, -0.1) is 0 Å². The number of hydrogen-bond acceptors (Lipinski definition) is 2. The Kier molecular flexibility index (Phi) is 3.67. The molecule has 0 spiro atoms. The van der Waals surface area contributed by atoms with Crippen LogP contribution in [-0.4, -0.2) is 4.98 Å². The number of nitriles is 1. The number of hydrogen-bond donors (Lipinski definition) is 0. The Labute approximate surface area is 100 Å². The Morgan fingerprint density at radius 3 is 2.31 bits per heavy atom. The highest BCUT2D eigenvalue weighted by atomic mass is 127. The molecule has 8 heteroatoms. The smallest absolute Gasteiger partial charge is 0.249 e. The summed E-state index contributed by atoms with van der Waals surface area (Å²) in [6.07, 6.45) is -7.46. The van der Waals surface area contributed by atoms with Gasteiger partial charge in [0, 0.05) is 6.20 Å². The van der Waals surface area contributed by atoms with Gasteiger partial charge >= 0.3 is 6.18 Å². The summed E-state index contributed by atoms with van der Waals surface area (Å²) >= 11 is 1.25. The lowest BCUT2D eigenvalue weighted by atomic mass is 10.1. The van der Waals surface area contributed by atoms with E-state index in [-0.39, 0.29) is 0 Å². The van der Waals surface area contributed by atoms with Crippen LogP contribution in [0.2, 0.25) is 0 Å². The third-order valence-electron chi connectivity index (χ3n) is 1.69. The van der Waals surface area contributed by atoms with Gasteiger partial charge in [0.25, 0.3) is 6.43 Å². The van der Waals surface area contributed by atoms with Gasteiger partial charge in [0.1, 0.15) is 15.3 Å². The first kappa shape index (κ1) is 13.1. The molecule has 2 nitrogen and oxygen atoms in total. The van der Waals surface area contributed by atoms with Gasteiger partial charge in [-0.1, -0.05) is 0 Å². The van der Waals surface area contributed by atoms with E-state index in [0.29, 0.717) is 6.20 Å². The minimum Gasteiger partial charge on any atom is -0.249 e. The van der Waals surface area contributed by atoms with E-state index < -0.39 is 33.0 Å². The zero-order valence-corrected chi connectivity index (χ0v) is 9.47. The number of nitrogens with zero attached hydrogens (tertiary/aromatic N) is 2. The van der Waals surface area contributed by atoms with E-state index in [0.717, 1.165) is 6.07 Å². The van der Waals surface area contributed by atoms with E-state index in [2.05, 4.69) is 4.98 Å². The summed E-state index contributed by atoms with van der Waals surface area (Å²) in [5.74, 6) is 0. The normalized spacial score (nSPS) is 11.6. The molecule has 0 aliphatic carbocycles. The van der Waals surface area contributed by atoms with E-state index in [9.17, 15) is 22.0 Å². The van der Waals surface area contributed by atoms with E-state index in [1.165, 1.54) is 22.6 Å². The Bertz CT molecular complexity index is 449. The van der Waals surface area contributed by atoms with Crippen LogP contribution in [0.1, 0.15) is 23.1 Å². The van der Waals surface area contributed by atoms with Crippen molar-refractivity contribution in [1.29, 1.82) is 5.26 Å². The van der Waals surface area contributed by atoms with Gasteiger partial charge in [0.05, 0.1) is 11.1 Å². The van der Waals surface area contributed by atoms with Crippen molar-refractivity contribution in [2.24, 2.45) is 0 Å². The molecule has 0 atom stereocenters. The molecule has 0 radical (unpaired) electrons. The van der Waals surface area contributed by atoms with Gasteiger partial charge < -0.3 is 0 Å². The topological polar surface area (TPSA) is 36.7 Å². The number of rotatable bonds is 1. The van der Waals surface area contributed by atoms with Crippen molar-refractivity contribution in [1.82, 2.24) is 4.98 Å². The molecule has 86 valence electrons. The molecule has 0 aliphatic rings. The Morgan fingerprint density at radius 2 is 1.94 bits per heavy atom. The SMILES string of the molecule is N#Cc1c(C(F)F)cnc(I)c1C(F)(F)F. The van der Waals surface area contributed by atoms with E-state index in [4.69, 9.17) is 5.26 Å². The van der Waals surface area contributed by atoms with Crippen molar-refractivity contribution in [3.05, 3.63) is 26.6 Å². The van der Waals surface area contributed by atoms with Crippen LogP contribution < -0.4 is 0 Å². The summed E-state index contributed by atoms with van der Waals surface area (Å²) in [5, 5.41) is 8.52. The standard InChI is InChI=1S/C8H2F5IN2/c9-6(10)4-2-16-7(14)5(3(4)1-15)8(11,12)13/h2,6H. The molecule has 0 unspecified atom stereocenters.